The molecule has 0 radical (unpaired) electrons. The third-order valence-corrected chi connectivity index (χ3v) is 5.33. The van der Waals surface area contributed by atoms with Gasteiger partial charge in [-0.15, -0.1) is 0 Å². The molecule has 0 aliphatic heterocycles. The largest absolute Gasteiger partial charge is 0.497 e. The van der Waals surface area contributed by atoms with Gasteiger partial charge in [0.2, 0.25) is 5.91 Å². The van der Waals surface area contributed by atoms with Crippen LogP contribution in [-0.2, 0) is 11.3 Å². The molecule has 8 nitrogen and oxygen atoms in total. The molecule has 0 saturated heterocycles. The van der Waals surface area contributed by atoms with Gasteiger partial charge in [-0.25, -0.2) is 0 Å². The second kappa shape index (κ2) is 11.2. The van der Waals surface area contributed by atoms with Gasteiger partial charge in [0.15, 0.2) is 5.76 Å². The lowest BCUT2D eigenvalue weighted by molar-refractivity contribution is -0.123. The summed E-state index contributed by atoms with van der Waals surface area (Å²) in [5.41, 5.74) is 2.18. The standard InChI is InChI=1S/C26H29N3O5/c1-16(2)23(26(32)27-3)29-25(31)22-13-12-21(34-22)19-7-5-6-17(14-19)15-28-24(30)18-8-10-20(33-4)11-9-18/h5-14,16,23H,15H2,1-4H3,(H,27,32)(H,28,30)(H,29,31). The fraction of sp³-hybridized carbons (Fsp3) is 0.269. The predicted octanol–water partition coefficient (Wildman–Crippen LogP) is 3.39. The minimum absolute atomic E-state index is 0.0804. The van der Waals surface area contributed by atoms with E-state index < -0.39 is 11.9 Å². The Kier molecular flexibility index (Phi) is 8.08. The number of hydrogen-bond donors (Lipinski definition) is 3. The van der Waals surface area contributed by atoms with E-state index in [1.807, 2.05) is 38.1 Å². The highest BCUT2D eigenvalue weighted by Crippen LogP contribution is 2.23. The molecule has 0 bridgehead atoms. The van der Waals surface area contributed by atoms with Gasteiger partial charge in [-0.3, -0.25) is 14.4 Å². The molecule has 1 unspecified atom stereocenters. The molecule has 0 aliphatic carbocycles. The number of nitrogens with one attached hydrogen (secondary N) is 3. The van der Waals surface area contributed by atoms with Crippen molar-refractivity contribution < 1.29 is 23.5 Å². The maximum Gasteiger partial charge on any atom is 0.287 e. The summed E-state index contributed by atoms with van der Waals surface area (Å²) in [6.45, 7) is 4.04. The van der Waals surface area contributed by atoms with Crippen molar-refractivity contribution in [3.8, 4) is 17.1 Å². The van der Waals surface area contributed by atoms with Crippen LogP contribution in [0.4, 0.5) is 0 Å². The summed E-state index contributed by atoms with van der Waals surface area (Å²) in [6, 6.07) is 17.0. The number of hydrogen-bond acceptors (Lipinski definition) is 5. The zero-order chi connectivity index (χ0) is 24.7. The Morgan fingerprint density at radius 3 is 2.35 bits per heavy atom. The smallest absolute Gasteiger partial charge is 0.287 e. The van der Waals surface area contributed by atoms with Gasteiger partial charge in [-0.2, -0.15) is 0 Å². The van der Waals surface area contributed by atoms with Gasteiger partial charge in [-0.05, 0) is 53.9 Å². The third kappa shape index (κ3) is 6.04. The molecule has 0 fully saturated rings. The van der Waals surface area contributed by atoms with Gasteiger partial charge in [0.05, 0.1) is 7.11 Å². The molecule has 3 aromatic rings. The predicted molar refractivity (Wildman–Crippen MR) is 128 cm³/mol. The number of likely N-dealkylation sites (N-methyl/N-ethyl adjacent to an activating group) is 1. The number of methoxy groups -OCH3 is 1. The van der Waals surface area contributed by atoms with Crippen molar-refractivity contribution in [3.63, 3.8) is 0 Å². The Balaban J connectivity index is 1.66. The van der Waals surface area contributed by atoms with Gasteiger partial charge in [0, 0.05) is 24.7 Å². The Morgan fingerprint density at radius 2 is 1.71 bits per heavy atom. The van der Waals surface area contributed by atoms with Crippen LogP contribution >= 0.6 is 0 Å². The lowest BCUT2D eigenvalue weighted by atomic mass is 10.0. The summed E-state index contributed by atoms with van der Waals surface area (Å²) in [6.07, 6.45) is 0. The Morgan fingerprint density at radius 1 is 0.971 bits per heavy atom. The van der Waals surface area contributed by atoms with Crippen molar-refractivity contribution in [3.05, 3.63) is 77.6 Å². The summed E-state index contributed by atoms with van der Waals surface area (Å²) in [5, 5.41) is 8.16. The fourth-order valence-electron chi connectivity index (χ4n) is 3.38. The number of carbonyl (C=O) groups excluding carboxylic acids is 3. The highest BCUT2D eigenvalue weighted by molar-refractivity contribution is 5.96. The number of amides is 3. The van der Waals surface area contributed by atoms with Crippen LogP contribution in [-0.4, -0.2) is 37.9 Å². The van der Waals surface area contributed by atoms with E-state index in [2.05, 4.69) is 16.0 Å². The Hall–Kier alpha value is -4.07. The van der Waals surface area contributed by atoms with Gasteiger partial charge >= 0.3 is 0 Å². The van der Waals surface area contributed by atoms with Crippen molar-refractivity contribution >= 4 is 17.7 Å². The van der Waals surface area contributed by atoms with Crippen molar-refractivity contribution in [1.82, 2.24) is 16.0 Å². The number of benzene rings is 2. The van der Waals surface area contributed by atoms with Gasteiger partial charge in [-0.1, -0.05) is 32.0 Å². The quantitative estimate of drug-likeness (QED) is 0.451. The zero-order valence-electron chi connectivity index (χ0n) is 19.7. The van der Waals surface area contributed by atoms with Crippen molar-refractivity contribution in [2.75, 3.05) is 14.2 Å². The molecule has 3 N–H and O–H groups in total. The van der Waals surface area contributed by atoms with Crippen LogP contribution in [0.5, 0.6) is 5.75 Å². The Labute approximate surface area is 198 Å². The molecule has 1 atom stereocenters. The third-order valence-electron chi connectivity index (χ3n) is 5.33. The van der Waals surface area contributed by atoms with E-state index in [9.17, 15) is 14.4 Å². The fourth-order valence-corrected chi connectivity index (χ4v) is 3.38. The maximum absolute atomic E-state index is 12.6. The number of ether oxygens (including phenoxy) is 1. The Bertz CT molecular complexity index is 1150. The first kappa shape index (κ1) is 24.6. The first-order valence-electron chi connectivity index (χ1n) is 11.0. The maximum atomic E-state index is 12.6. The van der Waals surface area contributed by atoms with E-state index >= 15 is 0 Å². The molecule has 8 heteroatoms. The van der Waals surface area contributed by atoms with E-state index in [4.69, 9.17) is 9.15 Å². The normalized spacial score (nSPS) is 11.6. The van der Waals surface area contributed by atoms with Crippen LogP contribution in [0.15, 0.2) is 65.1 Å². The van der Waals surface area contributed by atoms with E-state index in [1.165, 1.54) is 7.05 Å². The minimum atomic E-state index is -0.663. The van der Waals surface area contributed by atoms with Gasteiger partial charge < -0.3 is 25.1 Å². The number of carbonyl (C=O) groups is 3. The molecule has 0 aliphatic rings. The number of rotatable bonds is 9. The average Bonchev–Trinajstić information content (AvgIpc) is 3.36. The van der Waals surface area contributed by atoms with Crippen LogP contribution in [0, 0.1) is 5.92 Å². The minimum Gasteiger partial charge on any atom is -0.497 e. The SMILES string of the molecule is CNC(=O)C(NC(=O)c1ccc(-c2cccc(CNC(=O)c3ccc(OC)cc3)c2)o1)C(C)C. The second-order valence-electron chi connectivity index (χ2n) is 8.08. The molecule has 1 aromatic heterocycles. The van der Waals surface area contributed by atoms with Crippen LogP contribution in [0.2, 0.25) is 0 Å². The van der Waals surface area contributed by atoms with Crippen molar-refractivity contribution in [2.45, 2.75) is 26.4 Å². The lowest BCUT2D eigenvalue weighted by Gasteiger charge is -2.19. The summed E-state index contributed by atoms with van der Waals surface area (Å²) in [4.78, 5) is 37.0. The topological polar surface area (TPSA) is 110 Å². The molecular formula is C26H29N3O5. The van der Waals surface area contributed by atoms with E-state index in [0.717, 1.165) is 11.1 Å². The highest BCUT2D eigenvalue weighted by Gasteiger charge is 2.25. The first-order valence-corrected chi connectivity index (χ1v) is 11.0. The van der Waals surface area contributed by atoms with Crippen molar-refractivity contribution in [1.29, 1.82) is 0 Å². The first-order chi connectivity index (χ1) is 16.3. The van der Waals surface area contributed by atoms with E-state index in [1.54, 1.807) is 43.5 Å². The van der Waals surface area contributed by atoms with Crippen LogP contribution in [0.1, 0.15) is 40.3 Å². The molecule has 0 saturated carbocycles. The average molecular weight is 464 g/mol. The lowest BCUT2D eigenvalue weighted by Crippen LogP contribution is -2.48. The highest BCUT2D eigenvalue weighted by atomic mass is 16.5. The molecule has 0 spiro atoms. The molecule has 3 rings (SSSR count). The van der Waals surface area contributed by atoms with Gasteiger partial charge in [0.1, 0.15) is 17.6 Å². The summed E-state index contributed by atoms with van der Waals surface area (Å²) < 4.78 is 10.9. The molecule has 34 heavy (non-hydrogen) atoms. The van der Waals surface area contributed by atoms with Crippen LogP contribution in [0.3, 0.4) is 0 Å². The van der Waals surface area contributed by atoms with E-state index in [0.29, 0.717) is 23.6 Å². The summed E-state index contributed by atoms with van der Waals surface area (Å²) >= 11 is 0. The summed E-state index contributed by atoms with van der Waals surface area (Å²) in [7, 11) is 3.10. The molecule has 2 aromatic carbocycles. The van der Waals surface area contributed by atoms with Crippen LogP contribution < -0.4 is 20.7 Å². The van der Waals surface area contributed by atoms with E-state index in [-0.39, 0.29) is 23.5 Å². The molecule has 1 heterocycles. The monoisotopic (exact) mass is 463 g/mol. The van der Waals surface area contributed by atoms with Crippen molar-refractivity contribution in [2.24, 2.45) is 5.92 Å². The zero-order valence-corrected chi connectivity index (χ0v) is 19.7. The number of furan rings is 1. The van der Waals surface area contributed by atoms with Crippen LogP contribution in [0.25, 0.3) is 11.3 Å². The molecular weight excluding hydrogens is 434 g/mol. The second-order valence-corrected chi connectivity index (χ2v) is 8.08. The van der Waals surface area contributed by atoms with Gasteiger partial charge in [0.25, 0.3) is 11.8 Å². The summed E-state index contributed by atoms with van der Waals surface area (Å²) in [5.74, 6) is 0.307. The molecule has 178 valence electrons. The molecule has 3 amide bonds.